The van der Waals surface area contributed by atoms with Crippen LogP contribution in [0.25, 0.3) is 0 Å². The fourth-order valence-electron chi connectivity index (χ4n) is 10.5. The van der Waals surface area contributed by atoms with Crippen LogP contribution in [0.5, 0.6) is 0 Å². The predicted molar refractivity (Wildman–Crippen MR) is 418 cm³/mol. The van der Waals surface area contributed by atoms with Gasteiger partial charge >= 0.3 is 39.5 Å². The molecule has 0 rings (SSSR count). The maximum Gasteiger partial charge on any atom is 0.472 e. The van der Waals surface area contributed by atoms with Gasteiger partial charge in [0.1, 0.15) is 19.3 Å². The second kappa shape index (κ2) is 75.0. The second-order valence-corrected chi connectivity index (χ2v) is 29.6. The highest BCUT2D eigenvalue weighted by Crippen LogP contribution is 2.45. The Kier molecular flexibility index (Phi) is 71.8. The number of allylic oxidation sites excluding steroid dienone is 18. The minimum Gasteiger partial charge on any atom is -0.462 e. The third-order valence-electron chi connectivity index (χ3n) is 16.7. The lowest BCUT2D eigenvalue weighted by Gasteiger charge is -2.21. The number of ether oxygens (including phenoxy) is 4. The van der Waals surface area contributed by atoms with Gasteiger partial charge in [-0.05, 0) is 141 Å². The maximum atomic E-state index is 13.1. The molecule has 0 aliphatic rings. The molecule has 0 spiro atoms. The first-order chi connectivity index (χ1) is 49.7. The number of aliphatic hydroxyl groups is 1. The number of esters is 4. The van der Waals surface area contributed by atoms with Crippen molar-refractivity contribution in [2.45, 2.75) is 354 Å². The highest BCUT2D eigenvalue weighted by atomic mass is 31.2. The number of hydrogen-bond acceptors (Lipinski definition) is 15. The van der Waals surface area contributed by atoms with Gasteiger partial charge in [-0.3, -0.25) is 37.3 Å². The Balaban J connectivity index is 5.44. The summed E-state index contributed by atoms with van der Waals surface area (Å²) in [5.74, 6) is -2.27. The fourth-order valence-corrected chi connectivity index (χ4v) is 12.1. The van der Waals surface area contributed by atoms with Crippen molar-refractivity contribution in [3.8, 4) is 0 Å². The van der Waals surface area contributed by atoms with Crippen LogP contribution in [0, 0.1) is 0 Å². The maximum absolute atomic E-state index is 13.1. The molecule has 0 aromatic rings. The van der Waals surface area contributed by atoms with E-state index in [9.17, 15) is 43.2 Å². The molecule has 5 atom stereocenters. The summed E-state index contributed by atoms with van der Waals surface area (Å²) in [5.41, 5.74) is 0. The number of carbonyl (C=O) groups is 4. The third kappa shape index (κ3) is 74.0. The van der Waals surface area contributed by atoms with E-state index in [1.54, 1.807) is 0 Å². The van der Waals surface area contributed by atoms with Gasteiger partial charge in [0.25, 0.3) is 0 Å². The molecule has 588 valence electrons. The van der Waals surface area contributed by atoms with Crippen molar-refractivity contribution >= 4 is 39.5 Å². The summed E-state index contributed by atoms with van der Waals surface area (Å²) in [6.07, 6.45) is 80.7. The van der Waals surface area contributed by atoms with Crippen LogP contribution in [0.1, 0.15) is 336 Å². The first-order valence-corrected chi connectivity index (χ1v) is 43.2. The second-order valence-electron chi connectivity index (χ2n) is 26.7. The Morgan fingerprint density at radius 1 is 0.284 bits per heavy atom. The van der Waals surface area contributed by atoms with Gasteiger partial charge in [0.05, 0.1) is 26.4 Å². The molecular weight excluding hydrogens is 1330 g/mol. The van der Waals surface area contributed by atoms with Crippen LogP contribution < -0.4 is 0 Å². The Bertz CT molecular complexity index is 2360. The summed E-state index contributed by atoms with van der Waals surface area (Å²) in [5, 5.41) is 10.6. The molecule has 0 amide bonds. The van der Waals surface area contributed by atoms with Crippen molar-refractivity contribution < 1.29 is 80.2 Å². The van der Waals surface area contributed by atoms with Crippen LogP contribution >= 0.6 is 15.6 Å². The summed E-state index contributed by atoms with van der Waals surface area (Å²) in [6.45, 7) is 4.72. The molecule has 0 radical (unpaired) electrons. The van der Waals surface area contributed by atoms with Crippen molar-refractivity contribution in [1.82, 2.24) is 0 Å². The van der Waals surface area contributed by atoms with Crippen LogP contribution in [0.15, 0.2) is 109 Å². The number of rotatable bonds is 75. The summed E-state index contributed by atoms with van der Waals surface area (Å²) in [6, 6.07) is 0. The number of phosphoric acid groups is 2. The van der Waals surface area contributed by atoms with Gasteiger partial charge < -0.3 is 33.8 Å². The molecule has 0 aromatic heterocycles. The smallest absolute Gasteiger partial charge is 0.462 e. The first kappa shape index (κ1) is 97.7. The fraction of sp³-hybridized carbons (Fsp3) is 0.735. The number of phosphoric ester groups is 2. The van der Waals surface area contributed by atoms with Crippen molar-refractivity contribution in [2.75, 3.05) is 39.6 Å². The molecule has 0 saturated carbocycles. The monoisotopic (exact) mass is 1470 g/mol. The normalized spacial score (nSPS) is 14.5. The van der Waals surface area contributed by atoms with Gasteiger partial charge in [-0.2, -0.15) is 0 Å². The number of carbonyl (C=O) groups excluding carboxylic acids is 4. The van der Waals surface area contributed by atoms with E-state index in [1.807, 2.05) is 12.2 Å². The largest absolute Gasteiger partial charge is 0.472 e. The Morgan fingerprint density at radius 3 is 0.873 bits per heavy atom. The van der Waals surface area contributed by atoms with Crippen LogP contribution in [0.4, 0.5) is 0 Å². The lowest BCUT2D eigenvalue weighted by Crippen LogP contribution is -2.30. The standard InChI is InChI=1S/C83H144O17P2/c1-5-9-13-17-21-25-29-33-37-38-42-44-48-52-56-60-64-68-81(86)94-74-79(100-83(88)70-66-62-58-54-50-46-41-36-32-28-24-20-16-12-8-4)76-98-102(91,92)96-72-77(84)71-95-101(89,90)97-75-78(99-82(87)69-65-61-57-53-49-45-40-35-31-27-23-19-15-11-7-3)73-93-80(85)67-63-59-55-51-47-43-39-34-30-26-22-18-14-10-6-2/h21,25,27-28,31-37,39-42,44,52,56,77-79,84H,5-20,22-24,26,29-30,38,43,45-51,53-55,57-76H2,1-4H3,(H,89,90)(H,91,92)/b25-21-,31-27-,32-28-,37-33-,39-34-,40-35-,41-36-,44-42-,56-52-/t77-,78+,79+/m0/s1. The Morgan fingerprint density at radius 2 is 0.520 bits per heavy atom. The summed E-state index contributed by atoms with van der Waals surface area (Å²) >= 11 is 0. The molecule has 19 heteroatoms. The molecule has 0 saturated heterocycles. The van der Waals surface area contributed by atoms with Crippen molar-refractivity contribution in [3.63, 3.8) is 0 Å². The SMILES string of the molecule is CCCCC/C=C\C/C=C\C/C=C\C/C=C\CCCC(=O)OC[C@H](COP(=O)(O)OC[C@@H](O)COP(=O)(O)OC[C@@H](COC(=O)CCCCCCC/C=C\CCCCCCCC)OC(=O)CCCCCCC/C=C\C=C/CCCCCC)OC(=O)CCCCCCC/C=C\C=C/CCCCCC. The van der Waals surface area contributed by atoms with Crippen LogP contribution in [0.2, 0.25) is 0 Å². The highest BCUT2D eigenvalue weighted by molar-refractivity contribution is 7.47. The average Bonchev–Trinajstić information content (AvgIpc) is 0.923. The van der Waals surface area contributed by atoms with Gasteiger partial charge in [0, 0.05) is 25.7 Å². The Hall–Kier alpha value is -4.28. The molecule has 0 aliphatic carbocycles. The molecule has 2 unspecified atom stereocenters. The van der Waals surface area contributed by atoms with E-state index in [-0.39, 0.29) is 25.7 Å². The van der Waals surface area contributed by atoms with Gasteiger partial charge in [-0.15, -0.1) is 0 Å². The topological polar surface area (TPSA) is 237 Å². The van der Waals surface area contributed by atoms with Gasteiger partial charge in [-0.25, -0.2) is 9.13 Å². The number of unbranched alkanes of at least 4 members (excludes halogenated alkanes) is 33. The molecule has 3 N–H and O–H groups in total. The molecule has 0 aromatic carbocycles. The number of hydrogen-bond donors (Lipinski definition) is 3. The van der Waals surface area contributed by atoms with Crippen LogP contribution in [0.3, 0.4) is 0 Å². The lowest BCUT2D eigenvalue weighted by molar-refractivity contribution is -0.161. The van der Waals surface area contributed by atoms with Crippen molar-refractivity contribution in [2.24, 2.45) is 0 Å². The van der Waals surface area contributed by atoms with E-state index in [2.05, 4.69) is 125 Å². The quantitative estimate of drug-likeness (QED) is 0.0128. The summed E-state index contributed by atoms with van der Waals surface area (Å²) in [4.78, 5) is 73.0. The minimum absolute atomic E-state index is 0.0643. The van der Waals surface area contributed by atoms with E-state index in [0.29, 0.717) is 32.1 Å². The van der Waals surface area contributed by atoms with E-state index in [0.717, 1.165) is 141 Å². The molecular formula is C83H144O17P2. The number of aliphatic hydroxyl groups excluding tert-OH is 1. The minimum atomic E-state index is -4.99. The third-order valence-corrected chi connectivity index (χ3v) is 18.6. The molecule has 0 aliphatic heterocycles. The van der Waals surface area contributed by atoms with Crippen LogP contribution in [-0.4, -0.2) is 96.7 Å². The molecule has 0 fully saturated rings. The van der Waals surface area contributed by atoms with E-state index >= 15 is 0 Å². The van der Waals surface area contributed by atoms with Gasteiger partial charge in [0.15, 0.2) is 12.2 Å². The zero-order valence-electron chi connectivity index (χ0n) is 64.3. The predicted octanol–water partition coefficient (Wildman–Crippen LogP) is 23.3. The Labute approximate surface area is 619 Å². The molecule has 0 bridgehead atoms. The lowest BCUT2D eigenvalue weighted by atomic mass is 10.1. The molecule has 102 heavy (non-hydrogen) atoms. The van der Waals surface area contributed by atoms with E-state index in [1.165, 1.54) is 109 Å². The van der Waals surface area contributed by atoms with E-state index in [4.69, 9.17) is 37.0 Å². The van der Waals surface area contributed by atoms with Gasteiger partial charge in [0.2, 0.25) is 0 Å². The summed E-state index contributed by atoms with van der Waals surface area (Å²) in [7, 11) is -9.98. The van der Waals surface area contributed by atoms with Crippen LogP contribution in [-0.2, 0) is 65.4 Å². The van der Waals surface area contributed by atoms with Crippen molar-refractivity contribution in [1.29, 1.82) is 0 Å². The summed E-state index contributed by atoms with van der Waals surface area (Å²) < 4.78 is 68.5. The highest BCUT2D eigenvalue weighted by Gasteiger charge is 2.30. The molecule has 0 heterocycles. The van der Waals surface area contributed by atoms with Crippen molar-refractivity contribution in [3.05, 3.63) is 109 Å². The zero-order valence-corrected chi connectivity index (χ0v) is 66.0. The zero-order chi connectivity index (χ0) is 74.6. The molecule has 17 nitrogen and oxygen atoms in total. The average molecular weight is 1480 g/mol. The first-order valence-electron chi connectivity index (χ1n) is 40.2. The van der Waals surface area contributed by atoms with E-state index < -0.39 is 97.5 Å². The van der Waals surface area contributed by atoms with Gasteiger partial charge in [-0.1, -0.05) is 278 Å².